The van der Waals surface area contributed by atoms with Crippen molar-refractivity contribution in [2.24, 2.45) is 5.92 Å². The number of carbonyl (C=O) groups excluding carboxylic acids is 1. The average Bonchev–Trinajstić information content (AvgIpc) is 2.52. The van der Waals surface area contributed by atoms with Crippen molar-refractivity contribution in [1.82, 2.24) is 15.1 Å². The largest absolute Gasteiger partial charge is 0.381 e. The van der Waals surface area contributed by atoms with Crippen LogP contribution in [-0.2, 0) is 9.53 Å². The van der Waals surface area contributed by atoms with E-state index in [0.29, 0.717) is 18.2 Å². The first kappa shape index (κ1) is 15.7. The summed E-state index contributed by atoms with van der Waals surface area (Å²) in [5.41, 5.74) is 0. The van der Waals surface area contributed by atoms with E-state index in [1.54, 1.807) is 0 Å². The molecule has 0 aliphatic carbocycles. The van der Waals surface area contributed by atoms with Gasteiger partial charge in [-0.3, -0.25) is 4.79 Å². The zero-order chi connectivity index (χ0) is 14.2. The Bertz CT molecular complexity index is 293. The number of likely N-dealkylation sites (tertiary alicyclic amines) is 1. The Hall–Kier alpha value is -0.650. The summed E-state index contributed by atoms with van der Waals surface area (Å²) in [5.74, 6) is 0.969. The molecule has 2 aliphatic heterocycles. The van der Waals surface area contributed by atoms with Crippen molar-refractivity contribution in [3.63, 3.8) is 0 Å². The molecule has 0 aromatic rings. The molecular weight excluding hydrogens is 254 g/mol. The molecule has 2 fully saturated rings. The first-order chi connectivity index (χ1) is 9.79. The maximum absolute atomic E-state index is 12.1. The average molecular weight is 283 g/mol. The van der Waals surface area contributed by atoms with Gasteiger partial charge < -0.3 is 19.9 Å². The van der Waals surface area contributed by atoms with Crippen LogP contribution in [0.1, 0.15) is 26.2 Å². The lowest BCUT2D eigenvalue weighted by Gasteiger charge is -2.33. The second-order valence-corrected chi connectivity index (χ2v) is 5.85. The van der Waals surface area contributed by atoms with Gasteiger partial charge in [0.25, 0.3) is 0 Å². The van der Waals surface area contributed by atoms with Crippen molar-refractivity contribution in [2.45, 2.75) is 26.2 Å². The first-order valence-corrected chi connectivity index (χ1v) is 8.08. The fourth-order valence-electron chi connectivity index (χ4n) is 3.10. The molecule has 0 aromatic heterocycles. The third-order valence-electron chi connectivity index (χ3n) is 4.27. The highest BCUT2D eigenvalue weighted by molar-refractivity contribution is 5.76. The van der Waals surface area contributed by atoms with Gasteiger partial charge in [-0.2, -0.15) is 0 Å². The van der Waals surface area contributed by atoms with Gasteiger partial charge in [0.1, 0.15) is 0 Å². The molecule has 1 N–H and O–H groups in total. The molecule has 0 bridgehead atoms. The molecule has 5 nitrogen and oxygen atoms in total. The summed E-state index contributed by atoms with van der Waals surface area (Å²) in [7, 11) is 0. The molecule has 2 saturated heterocycles. The standard InChI is InChI=1S/C15H29N3O2/c1-2-20-13-14-4-3-8-17(12-14)9-5-15(19)18-10-6-16-7-11-18/h14,16H,2-13H2,1H3. The van der Waals surface area contributed by atoms with E-state index in [1.165, 1.54) is 12.8 Å². The number of piperidine rings is 1. The van der Waals surface area contributed by atoms with E-state index in [0.717, 1.165) is 59.0 Å². The number of hydrogen-bond donors (Lipinski definition) is 1. The fourth-order valence-corrected chi connectivity index (χ4v) is 3.10. The van der Waals surface area contributed by atoms with Gasteiger partial charge in [0, 0.05) is 52.3 Å². The molecule has 1 unspecified atom stereocenters. The van der Waals surface area contributed by atoms with Crippen molar-refractivity contribution in [3.05, 3.63) is 0 Å². The van der Waals surface area contributed by atoms with E-state index in [4.69, 9.17) is 4.74 Å². The van der Waals surface area contributed by atoms with Gasteiger partial charge in [0.05, 0.1) is 6.61 Å². The molecule has 0 spiro atoms. The SMILES string of the molecule is CCOCC1CCCN(CCC(=O)N2CCNCC2)C1. The summed E-state index contributed by atoms with van der Waals surface area (Å²) in [5, 5.41) is 3.28. The monoisotopic (exact) mass is 283 g/mol. The Labute approximate surface area is 122 Å². The summed E-state index contributed by atoms with van der Waals surface area (Å²) >= 11 is 0. The molecule has 1 atom stereocenters. The summed E-state index contributed by atoms with van der Waals surface area (Å²) < 4.78 is 5.53. The van der Waals surface area contributed by atoms with Gasteiger partial charge in [-0.25, -0.2) is 0 Å². The topological polar surface area (TPSA) is 44.8 Å². The highest BCUT2D eigenvalue weighted by atomic mass is 16.5. The Balaban J connectivity index is 1.66. The van der Waals surface area contributed by atoms with Crippen LogP contribution in [0.25, 0.3) is 0 Å². The fraction of sp³-hybridized carbons (Fsp3) is 0.933. The van der Waals surface area contributed by atoms with Crippen LogP contribution in [0, 0.1) is 5.92 Å². The van der Waals surface area contributed by atoms with Crippen LogP contribution in [0.2, 0.25) is 0 Å². The third-order valence-corrected chi connectivity index (χ3v) is 4.27. The van der Waals surface area contributed by atoms with E-state index in [2.05, 4.69) is 10.2 Å². The van der Waals surface area contributed by atoms with Crippen molar-refractivity contribution in [2.75, 3.05) is 59.0 Å². The normalized spacial score (nSPS) is 24.9. The molecule has 2 heterocycles. The summed E-state index contributed by atoms with van der Waals surface area (Å²) in [6.07, 6.45) is 3.17. The van der Waals surface area contributed by atoms with Crippen LogP contribution in [0.4, 0.5) is 0 Å². The maximum atomic E-state index is 12.1. The number of nitrogens with zero attached hydrogens (tertiary/aromatic N) is 2. The first-order valence-electron chi connectivity index (χ1n) is 8.08. The van der Waals surface area contributed by atoms with Crippen LogP contribution in [-0.4, -0.2) is 74.7 Å². The van der Waals surface area contributed by atoms with E-state index >= 15 is 0 Å². The summed E-state index contributed by atoms with van der Waals surface area (Å²) in [6, 6.07) is 0. The third kappa shape index (κ3) is 5.04. The lowest BCUT2D eigenvalue weighted by atomic mass is 9.99. The van der Waals surface area contributed by atoms with E-state index in [9.17, 15) is 4.79 Å². The lowest BCUT2D eigenvalue weighted by molar-refractivity contribution is -0.132. The number of amides is 1. The molecule has 0 saturated carbocycles. The molecule has 0 radical (unpaired) electrons. The summed E-state index contributed by atoms with van der Waals surface area (Å²) in [6.45, 7) is 10.5. The number of rotatable bonds is 6. The zero-order valence-corrected chi connectivity index (χ0v) is 12.8. The molecule has 5 heteroatoms. The highest BCUT2D eigenvalue weighted by Crippen LogP contribution is 2.17. The smallest absolute Gasteiger partial charge is 0.223 e. The quantitative estimate of drug-likeness (QED) is 0.773. The van der Waals surface area contributed by atoms with E-state index in [1.807, 2.05) is 11.8 Å². The molecule has 2 aliphatic rings. The Morgan fingerprint density at radius 1 is 1.30 bits per heavy atom. The number of nitrogens with one attached hydrogen (secondary N) is 1. The number of piperazine rings is 1. The second-order valence-electron chi connectivity index (χ2n) is 5.85. The van der Waals surface area contributed by atoms with Crippen LogP contribution in [0.15, 0.2) is 0 Å². The van der Waals surface area contributed by atoms with Crippen molar-refractivity contribution in [1.29, 1.82) is 0 Å². The van der Waals surface area contributed by atoms with Crippen molar-refractivity contribution in [3.8, 4) is 0 Å². The van der Waals surface area contributed by atoms with Crippen LogP contribution in [0.3, 0.4) is 0 Å². The molecular formula is C15H29N3O2. The zero-order valence-electron chi connectivity index (χ0n) is 12.8. The Morgan fingerprint density at radius 3 is 2.85 bits per heavy atom. The Kier molecular flexibility index (Phi) is 6.76. The summed E-state index contributed by atoms with van der Waals surface area (Å²) in [4.78, 5) is 16.6. The van der Waals surface area contributed by atoms with Crippen molar-refractivity contribution >= 4 is 5.91 Å². The van der Waals surface area contributed by atoms with Gasteiger partial charge in [-0.15, -0.1) is 0 Å². The molecule has 0 aromatic carbocycles. The van der Waals surface area contributed by atoms with Crippen molar-refractivity contribution < 1.29 is 9.53 Å². The van der Waals surface area contributed by atoms with E-state index in [-0.39, 0.29) is 0 Å². The van der Waals surface area contributed by atoms with Gasteiger partial charge in [-0.1, -0.05) is 0 Å². The number of carbonyl (C=O) groups is 1. The minimum absolute atomic E-state index is 0.318. The van der Waals surface area contributed by atoms with Gasteiger partial charge in [0.15, 0.2) is 0 Å². The second kappa shape index (κ2) is 8.60. The Morgan fingerprint density at radius 2 is 2.10 bits per heavy atom. The number of ether oxygens (including phenoxy) is 1. The molecule has 2 rings (SSSR count). The van der Waals surface area contributed by atoms with Gasteiger partial charge >= 0.3 is 0 Å². The number of hydrogen-bond acceptors (Lipinski definition) is 4. The molecule has 1 amide bonds. The van der Waals surface area contributed by atoms with Crippen LogP contribution < -0.4 is 5.32 Å². The van der Waals surface area contributed by atoms with Crippen LogP contribution >= 0.6 is 0 Å². The lowest BCUT2D eigenvalue weighted by Crippen LogP contribution is -2.47. The molecule has 20 heavy (non-hydrogen) atoms. The molecule has 116 valence electrons. The van der Waals surface area contributed by atoms with E-state index < -0.39 is 0 Å². The minimum Gasteiger partial charge on any atom is -0.381 e. The van der Waals surface area contributed by atoms with Crippen LogP contribution in [0.5, 0.6) is 0 Å². The highest BCUT2D eigenvalue weighted by Gasteiger charge is 2.22. The van der Waals surface area contributed by atoms with Gasteiger partial charge in [0.2, 0.25) is 5.91 Å². The predicted molar refractivity (Wildman–Crippen MR) is 79.7 cm³/mol. The van der Waals surface area contributed by atoms with Gasteiger partial charge in [-0.05, 0) is 32.2 Å². The maximum Gasteiger partial charge on any atom is 0.223 e. The predicted octanol–water partition coefficient (Wildman–Crippen LogP) is 0.557. The minimum atomic E-state index is 0.318.